The van der Waals surface area contributed by atoms with Gasteiger partial charge < -0.3 is 4.74 Å². The molecule has 134 valence electrons. The molecule has 3 nitrogen and oxygen atoms in total. The maximum Gasteiger partial charge on any atom is 0.306 e. The molecule has 1 heterocycles. The fraction of sp³-hybridized carbons (Fsp3) is 0.368. The minimum Gasteiger partial charge on any atom is -0.460 e. The van der Waals surface area contributed by atoms with E-state index in [0.717, 1.165) is 10.5 Å². The SMILES string of the molecule is CC(C)(C)OC(=O)C[C@@H](Cc1cc(F)cc(F)c1)c1ncccc1Br. The van der Waals surface area contributed by atoms with Crippen molar-refractivity contribution in [3.63, 3.8) is 0 Å². The van der Waals surface area contributed by atoms with Crippen molar-refractivity contribution in [2.45, 2.75) is 45.1 Å². The minimum atomic E-state index is -0.647. The maximum absolute atomic E-state index is 13.5. The highest BCUT2D eigenvalue weighted by Crippen LogP contribution is 2.30. The monoisotopic (exact) mass is 411 g/mol. The van der Waals surface area contributed by atoms with E-state index in [0.29, 0.717) is 11.3 Å². The predicted octanol–water partition coefficient (Wildman–Crippen LogP) is 5.18. The summed E-state index contributed by atoms with van der Waals surface area (Å²) in [6, 6.07) is 6.93. The summed E-state index contributed by atoms with van der Waals surface area (Å²) in [5.74, 6) is -2.05. The van der Waals surface area contributed by atoms with Crippen LogP contribution in [-0.4, -0.2) is 16.6 Å². The number of hydrogen-bond donors (Lipinski definition) is 0. The molecule has 0 N–H and O–H groups in total. The molecule has 0 unspecified atom stereocenters. The molecule has 0 aliphatic heterocycles. The molecule has 0 saturated heterocycles. The van der Waals surface area contributed by atoms with Gasteiger partial charge in [0.05, 0.1) is 12.1 Å². The molecule has 2 rings (SSSR count). The molecule has 1 atom stereocenters. The third-order valence-corrected chi connectivity index (χ3v) is 4.08. The molecule has 0 radical (unpaired) electrons. The first-order valence-corrected chi connectivity index (χ1v) is 8.70. The first-order chi connectivity index (χ1) is 11.6. The Bertz CT molecular complexity index is 739. The zero-order valence-corrected chi connectivity index (χ0v) is 15.9. The Labute approximate surface area is 154 Å². The van der Waals surface area contributed by atoms with Gasteiger partial charge in [0, 0.05) is 22.7 Å². The van der Waals surface area contributed by atoms with Crippen LogP contribution in [0.2, 0.25) is 0 Å². The largest absolute Gasteiger partial charge is 0.460 e. The summed E-state index contributed by atoms with van der Waals surface area (Å²) in [6.45, 7) is 5.37. The lowest BCUT2D eigenvalue weighted by molar-refractivity contribution is -0.155. The Balaban J connectivity index is 2.29. The normalized spacial score (nSPS) is 12.7. The quantitative estimate of drug-likeness (QED) is 0.636. The summed E-state index contributed by atoms with van der Waals surface area (Å²) < 4.78 is 33.1. The van der Waals surface area contributed by atoms with Crippen molar-refractivity contribution in [1.82, 2.24) is 4.98 Å². The van der Waals surface area contributed by atoms with Gasteiger partial charge >= 0.3 is 5.97 Å². The van der Waals surface area contributed by atoms with Gasteiger partial charge in [0.2, 0.25) is 0 Å². The van der Waals surface area contributed by atoms with Crippen molar-refractivity contribution >= 4 is 21.9 Å². The molecule has 25 heavy (non-hydrogen) atoms. The zero-order chi connectivity index (χ0) is 18.6. The van der Waals surface area contributed by atoms with E-state index in [9.17, 15) is 13.6 Å². The van der Waals surface area contributed by atoms with E-state index in [2.05, 4.69) is 20.9 Å². The van der Waals surface area contributed by atoms with Gasteiger partial charge in [-0.2, -0.15) is 0 Å². The number of carbonyl (C=O) groups is 1. The summed E-state index contributed by atoms with van der Waals surface area (Å²) in [5.41, 5.74) is 0.509. The van der Waals surface area contributed by atoms with Crippen LogP contribution >= 0.6 is 15.9 Å². The summed E-state index contributed by atoms with van der Waals surface area (Å²) >= 11 is 3.43. The van der Waals surface area contributed by atoms with E-state index in [1.54, 1.807) is 33.0 Å². The number of aromatic nitrogens is 1. The third kappa shape index (κ3) is 6.20. The van der Waals surface area contributed by atoms with Crippen LogP contribution in [0.25, 0.3) is 0 Å². The Morgan fingerprint density at radius 3 is 2.44 bits per heavy atom. The first-order valence-electron chi connectivity index (χ1n) is 7.91. The van der Waals surface area contributed by atoms with Crippen LogP contribution in [-0.2, 0) is 16.0 Å². The van der Waals surface area contributed by atoms with Gasteiger partial charge in [-0.3, -0.25) is 9.78 Å². The summed E-state index contributed by atoms with van der Waals surface area (Å²) in [6.07, 6.45) is 1.95. The molecular weight excluding hydrogens is 392 g/mol. The van der Waals surface area contributed by atoms with Crippen molar-refractivity contribution in [2.24, 2.45) is 0 Å². The van der Waals surface area contributed by atoms with Gasteiger partial charge in [-0.1, -0.05) is 0 Å². The van der Waals surface area contributed by atoms with Gasteiger partial charge in [0.1, 0.15) is 17.2 Å². The lowest BCUT2D eigenvalue weighted by Gasteiger charge is -2.22. The summed E-state index contributed by atoms with van der Waals surface area (Å²) in [4.78, 5) is 16.6. The van der Waals surface area contributed by atoms with Gasteiger partial charge in [-0.05, 0) is 73.0 Å². The molecule has 0 aliphatic rings. The van der Waals surface area contributed by atoms with Crippen LogP contribution in [0.1, 0.15) is 44.4 Å². The van der Waals surface area contributed by atoms with Crippen LogP contribution in [0.3, 0.4) is 0 Å². The molecule has 0 saturated carbocycles. The highest BCUT2D eigenvalue weighted by molar-refractivity contribution is 9.10. The number of hydrogen-bond acceptors (Lipinski definition) is 3. The van der Waals surface area contributed by atoms with E-state index in [-0.39, 0.29) is 24.7 Å². The second-order valence-electron chi connectivity index (χ2n) is 6.84. The molecule has 0 aliphatic carbocycles. The zero-order valence-electron chi connectivity index (χ0n) is 14.4. The van der Waals surface area contributed by atoms with Crippen LogP contribution in [0.15, 0.2) is 41.0 Å². The fourth-order valence-corrected chi connectivity index (χ4v) is 3.14. The summed E-state index contributed by atoms with van der Waals surface area (Å²) in [5, 5.41) is 0. The van der Waals surface area contributed by atoms with Crippen LogP contribution in [0, 0.1) is 11.6 Å². The number of carbonyl (C=O) groups excluding carboxylic acids is 1. The Morgan fingerprint density at radius 1 is 1.24 bits per heavy atom. The smallest absolute Gasteiger partial charge is 0.306 e. The Kier molecular flexibility index (Phi) is 6.27. The first kappa shape index (κ1) is 19.5. The van der Waals surface area contributed by atoms with Crippen LogP contribution < -0.4 is 0 Å². The molecule has 0 spiro atoms. The van der Waals surface area contributed by atoms with Crippen molar-refractivity contribution in [1.29, 1.82) is 0 Å². The van der Waals surface area contributed by atoms with E-state index in [1.807, 2.05) is 6.07 Å². The Morgan fingerprint density at radius 2 is 1.88 bits per heavy atom. The Hall–Kier alpha value is -1.82. The molecule has 1 aromatic heterocycles. The fourth-order valence-electron chi connectivity index (χ4n) is 2.56. The minimum absolute atomic E-state index is 0.0605. The second-order valence-corrected chi connectivity index (χ2v) is 7.69. The maximum atomic E-state index is 13.5. The van der Waals surface area contributed by atoms with Crippen molar-refractivity contribution in [3.05, 3.63) is 63.9 Å². The molecule has 1 aromatic carbocycles. The predicted molar refractivity (Wildman–Crippen MR) is 95.2 cm³/mol. The molecule has 0 amide bonds. The number of rotatable bonds is 5. The lowest BCUT2D eigenvalue weighted by atomic mass is 9.92. The molecule has 2 aromatic rings. The number of benzene rings is 1. The molecule has 0 bridgehead atoms. The number of pyridine rings is 1. The highest BCUT2D eigenvalue weighted by Gasteiger charge is 2.24. The standard InChI is InChI=1S/C19H20BrF2NO2/c1-19(2,3)25-17(24)10-13(18-16(20)5-4-6-23-18)7-12-8-14(21)11-15(22)9-12/h4-6,8-9,11,13H,7,10H2,1-3H3/t13-/m1/s1. The van der Waals surface area contributed by atoms with E-state index >= 15 is 0 Å². The van der Waals surface area contributed by atoms with Gasteiger partial charge in [-0.25, -0.2) is 8.78 Å². The van der Waals surface area contributed by atoms with Crippen molar-refractivity contribution < 1.29 is 18.3 Å². The molecular formula is C19H20BrF2NO2. The van der Waals surface area contributed by atoms with Crippen molar-refractivity contribution in [2.75, 3.05) is 0 Å². The van der Waals surface area contributed by atoms with Crippen LogP contribution in [0.5, 0.6) is 0 Å². The van der Waals surface area contributed by atoms with Gasteiger partial charge in [-0.15, -0.1) is 0 Å². The molecule has 0 fully saturated rings. The van der Waals surface area contributed by atoms with Crippen LogP contribution in [0.4, 0.5) is 8.78 Å². The van der Waals surface area contributed by atoms with E-state index < -0.39 is 17.2 Å². The average Bonchev–Trinajstić information content (AvgIpc) is 2.44. The average molecular weight is 412 g/mol. The number of halogens is 3. The highest BCUT2D eigenvalue weighted by atomic mass is 79.9. The summed E-state index contributed by atoms with van der Waals surface area (Å²) in [7, 11) is 0. The van der Waals surface area contributed by atoms with Crippen molar-refractivity contribution in [3.8, 4) is 0 Å². The molecule has 6 heteroatoms. The lowest BCUT2D eigenvalue weighted by Crippen LogP contribution is -2.25. The third-order valence-electron chi connectivity index (χ3n) is 3.41. The van der Waals surface area contributed by atoms with Gasteiger partial charge in [0.25, 0.3) is 0 Å². The second kappa shape index (κ2) is 8.04. The number of ether oxygens (including phenoxy) is 1. The van der Waals surface area contributed by atoms with E-state index in [1.165, 1.54) is 12.1 Å². The topological polar surface area (TPSA) is 39.2 Å². The number of esters is 1. The van der Waals surface area contributed by atoms with E-state index in [4.69, 9.17) is 4.74 Å². The van der Waals surface area contributed by atoms with Gasteiger partial charge in [0.15, 0.2) is 0 Å². The number of nitrogens with zero attached hydrogens (tertiary/aromatic N) is 1.